The SMILES string of the molecule is CN(C)c1ccccc1C(=O)N1CCNC(=O)CC1. The van der Waals surface area contributed by atoms with Crippen LogP contribution in [0.4, 0.5) is 5.69 Å². The summed E-state index contributed by atoms with van der Waals surface area (Å²) in [6.45, 7) is 1.56. The maximum absolute atomic E-state index is 12.5. The molecule has 5 heteroatoms. The van der Waals surface area contributed by atoms with E-state index in [0.29, 0.717) is 31.6 Å². The average molecular weight is 261 g/mol. The molecular formula is C14H19N3O2. The molecule has 0 radical (unpaired) electrons. The van der Waals surface area contributed by atoms with Crippen LogP contribution in [0.1, 0.15) is 16.8 Å². The van der Waals surface area contributed by atoms with Gasteiger partial charge in [0, 0.05) is 45.8 Å². The number of hydrogen-bond acceptors (Lipinski definition) is 3. The van der Waals surface area contributed by atoms with Crippen molar-refractivity contribution < 1.29 is 9.59 Å². The summed E-state index contributed by atoms with van der Waals surface area (Å²) < 4.78 is 0. The molecule has 0 saturated carbocycles. The summed E-state index contributed by atoms with van der Waals surface area (Å²) in [4.78, 5) is 27.5. The first-order chi connectivity index (χ1) is 9.09. The molecule has 1 aliphatic heterocycles. The number of carbonyl (C=O) groups is 2. The van der Waals surface area contributed by atoms with Crippen LogP contribution in [0.3, 0.4) is 0 Å². The third-order valence-corrected chi connectivity index (χ3v) is 3.22. The number of carbonyl (C=O) groups excluding carboxylic acids is 2. The van der Waals surface area contributed by atoms with Gasteiger partial charge in [-0.25, -0.2) is 0 Å². The predicted molar refractivity (Wildman–Crippen MR) is 74.3 cm³/mol. The van der Waals surface area contributed by atoms with E-state index in [2.05, 4.69) is 5.32 Å². The molecule has 0 aliphatic carbocycles. The van der Waals surface area contributed by atoms with Crippen LogP contribution >= 0.6 is 0 Å². The first kappa shape index (κ1) is 13.4. The van der Waals surface area contributed by atoms with E-state index < -0.39 is 0 Å². The average Bonchev–Trinajstić information content (AvgIpc) is 2.62. The highest BCUT2D eigenvalue weighted by Gasteiger charge is 2.22. The minimum Gasteiger partial charge on any atom is -0.377 e. The molecule has 1 aromatic rings. The van der Waals surface area contributed by atoms with E-state index in [9.17, 15) is 9.59 Å². The Morgan fingerprint density at radius 2 is 2.00 bits per heavy atom. The Morgan fingerprint density at radius 1 is 1.26 bits per heavy atom. The first-order valence-corrected chi connectivity index (χ1v) is 6.42. The molecule has 2 amide bonds. The van der Waals surface area contributed by atoms with E-state index in [1.54, 1.807) is 4.90 Å². The number of nitrogens with zero attached hydrogens (tertiary/aromatic N) is 2. The highest BCUT2D eigenvalue weighted by atomic mass is 16.2. The van der Waals surface area contributed by atoms with Gasteiger partial charge in [-0.05, 0) is 12.1 Å². The van der Waals surface area contributed by atoms with E-state index >= 15 is 0 Å². The summed E-state index contributed by atoms with van der Waals surface area (Å²) in [5, 5.41) is 2.77. The molecule has 102 valence electrons. The Hall–Kier alpha value is -2.04. The maximum atomic E-state index is 12.5. The fraction of sp³-hybridized carbons (Fsp3) is 0.429. The quantitative estimate of drug-likeness (QED) is 0.853. The van der Waals surface area contributed by atoms with Gasteiger partial charge in [-0.3, -0.25) is 9.59 Å². The molecule has 0 spiro atoms. The molecule has 0 bridgehead atoms. The summed E-state index contributed by atoms with van der Waals surface area (Å²) in [5.74, 6) is -0.00278. The number of benzene rings is 1. The molecule has 1 aromatic carbocycles. The van der Waals surface area contributed by atoms with Gasteiger partial charge in [-0.2, -0.15) is 0 Å². The minimum absolute atomic E-state index is 0.0104. The monoisotopic (exact) mass is 261 g/mol. The summed E-state index contributed by atoms with van der Waals surface area (Å²) in [5.41, 5.74) is 1.58. The van der Waals surface area contributed by atoms with Crippen LogP contribution in [0.15, 0.2) is 24.3 Å². The van der Waals surface area contributed by atoms with Crippen molar-refractivity contribution in [3.8, 4) is 0 Å². The van der Waals surface area contributed by atoms with Crippen LogP contribution in [-0.2, 0) is 4.79 Å². The molecule has 0 atom stereocenters. The van der Waals surface area contributed by atoms with E-state index in [4.69, 9.17) is 0 Å². The molecule has 1 fully saturated rings. The molecule has 1 saturated heterocycles. The molecule has 5 nitrogen and oxygen atoms in total. The van der Waals surface area contributed by atoms with Gasteiger partial charge in [-0.15, -0.1) is 0 Å². The Bertz CT molecular complexity index is 485. The molecule has 0 unspecified atom stereocenters. The Morgan fingerprint density at radius 3 is 2.74 bits per heavy atom. The number of hydrogen-bond donors (Lipinski definition) is 1. The largest absolute Gasteiger partial charge is 0.377 e. The lowest BCUT2D eigenvalue weighted by atomic mass is 10.1. The number of rotatable bonds is 2. The lowest BCUT2D eigenvalue weighted by molar-refractivity contribution is -0.120. The van der Waals surface area contributed by atoms with Gasteiger partial charge in [0.05, 0.1) is 5.56 Å². The highest BCUT2D eigenvalue weighted by molar-refractivity contribution is 6.00. The van der Waals surface area contributed by atoms with Crippen molar-refractivity contribution in [3.63, 3.8) is 0 Å². The van der Waals surface area contributed by atoms with Gasteiger partial charge in [0.25, 0.3) is 5.91 Å². The van der Waals surface area contributed by atoms with Crippen molar-refractivity contribution in [1.29, 1.82) is 0 Å². The van der Waals surface area contributed by atoms with Crippen molar-refractivity contribution in [3.05, 3.63) is 29.8 Å². The summed E-state index contributed by atoms with van der Waals surface area (Å²) in [7, 11) is 3.83. The highest BCUT2D eigenvalue weighted by Crippen LogP contribution is 2.20. The fourth-order valence-electron chi connectivity index (χ4n) is 2.18. The predicted octanol–water partition coefficient (Wildman–Crippen LogP) is 0.715. The molecular weight excluding hydrogens is 242 g/mol. The Labute approximate surface area is 113 Å². The van der Waals surface area contributed by atoms with Gasteiger partial charge in [-0.1, -0.05) is 12.1 Å². The third kappa shape index (κ3) is 3.05. The zero-order chi connectivity index (χ0) is 13.8. The summed E-state index contributed by atoms with van der Waals surface area (Å²) >= 11 is 0. The van der Waals surface area contributed by atoms with Crippen LogP contribution in [0.2, 0.25) is 0 Å². The Balaban J connectivity index is 2.21. The zero-order valence-corrected chi connectivity index (χ0v) is 11.3. The molecule has 1 heterocycles. The van der Waals surface area contributed by atoms with Crippen molar-refractivity contribution >= 4 is 17.5 Å². The van der Waals surface area contributed by atoms with Crippen LogP contribution in [0, 0.1) is 0 Å². The fourth-order valence-corrected chi connectivity index (χ4v) is 2.18. The lowest BCUT2D eigenvalue weighted by Gasteiger charge is -2.23. The van der Waals surface area contributed by atoms with Gasteiger partial charge in [0.1, 0.15) is 0 Å². The second-order valence-corrected chi connectivity index (χ2v) is 4.80. The summed E-state index contributed by atoms with van der Waals surface area (Å²) in [6.07, 6.45) is 0.371. The maximum Gasteiger partial charge on any atom is 0.256 e. The normalized spacial score (nSPS) is 15.7. The summed E-state index contributed by atoms with van der Waals surface area (Å²) in [6, 6.07) is 7.54. The van der Waals surface area contributed by atoms with Gasteiger partial charge < -0.3 is 15.1 Å². The van der Waals surface area contributed by atoms with Crippen molar-refractivity contribution in [1.82, 2.24) is 10.2 Å². The van der Waals surface area contributed by atoms with Crippen molar-refractivity contribution in [2.45, 2.75) is 6.42 Å². The van der Waals surface area contributed by atoms with Crippen molar-refractivity contribution in [2.75, 3.05) is 38.6 Å². The van der Waals surface area contributed by atoms with E-state index in [0.717, 1.165) is 5.69 Å². The van der Waals surface area contributed by atoms with Gasteiger partial charge >= 0.3 is 0 Å². The molecule has 1 N–H and O–H groups in total. The third-order valence-electron chi connectivity index (χ3n) is 3.22. The van der Waals surface area contributed by atoms with Crippen LogP contribution in [-0.4, -0.2) is 50.4 Å². The first-order valence-electron chi connectivity index (χ1n) is 6.42. The number of para-hydroxylation sites is 1. The zero-order valence-electron chi connectivity index (χ0n) is 11.3. The standard InChI is InChI=1S/C14H19N3O2/c1-16(2)12-6-4-3-5-11(12)14(19)17-9-7-13(18)15-8-10-17/h3-6H,7-10H2,1-2H3,(H,15,18). The number of amides is 2. The topological polar surface area (TPSA) is 52.7 Å². The molecule has 1 aliphatic rings. The van der Waals surface area contributed by atoms with Crippen LogP contribution in [0.25, 0.3) is 0 Å². The van der Waals surface area contributed by atoms with Gasteiger partial charge in [0.2, 0.25) is 5.91 Å². The number of nitrogens with one attached hydrogen (secondary N) is 1. The van der Waals surface area contributed by atoms with E-state index in [1.165, 1.54) is 0 Å². The lowest BCUT2D eigenvalue weighted by Crippen LogP contribution is -2.35. The molecule has 19 heavy (non-hydrogen) atoms. The van der Waals surface area contributed by atoms with Crippen LogP contribution < -0.4 is 10.2 Å². The van der Waals surface area contributed by atoms with Crippen LogP contribution in [0.5, 0.6) is 0 Å². The van der Waals surface area contributed by atoms with Crippen molar-refractivity contribution in [2.24, 2.45) is 0 Å². The smallest absolute Gasteiger partial charge is 0.256 e. The molecule has 0 aromatic heterocycles. The van der Waals surface area contributed by atoms with Gasteiger partial charge in [0.15, 0.2) is 0 Å². The Kier molecular flexibility index (Phi) is 4.04. The second-order valence-electron chi connectivity index (χ2n) is 4.80. The molecule has 2 rings (SSSR count). The van der Waals surface area contributed by atoms with E-state index in [-0.39, 0.29) is 11.8 Å². The number of anilines is 1. The second kappa shape index (κ2) is 5.73. The minimum atomic E-state index is -0.0131. The van der Waals surface area contributed by atoms with E-state index in [1.807, 2.05) is 43.3 Å².